The van der Waals surface area contributed by atoms with Gasteiger partial charge in [-0.05, 0) is 38.1 Å². The van der Waals surface area contributed by atoms with E-state index in [0.29, 0.717) is 13.1 Å². The number of amides is 2. The van der Waals surface area contributed by atoms with Crippen LogP contribution in [0.3, 0.4) is 0 Å². The minimum atomic E-state index is -0.124. The molecule has 1 rings (SSSR count). The first-order chi connectivity index (χ1) is 10.6. The Hall–Kier alpha value is -1.88. The molecular formula is C17H27N3O2. The van der Waals surface area contributed by atoms with Gasteiger partial charge in [0, 0.05) is 38.2 Å². The number of hydrogen-bond donors (Lipinski definition) is 2. The van der Waals surface area contributed by atoms with Gasteiger partial charge in [-0.2, -0.15) is 0 Å². The van der Waals surface area contributed by atoms with E-state index in [1.807, 2.05) is 38.1 Å². The first-order valence-electron chi connectivity index (χ1n) is 7.97. The van der Waals surface area contributed by atoms with Crippen LogP contribution in [0.15, 0.2) is 24.3 Å². The van der Waals surface area contributed by atoms with E-state index in [4.69, 9.17) is 0 Å². The Kier molecular flexibility index (Phi) is 8.22. The summed E-state index contributed by atoms with van der Waals surface area (Å²) in [5, 5.41) is 6.10. The zero-order valence-corrected chi connectivity index (χ0v) is 13.8. The predicted octanol–water partition coefficient (Wildman–Crippen LogP) is 2.38. The van der Waals surface area contributed by atoms with Gasteiger partial charge in [0.1, 0.15) is 0 Å². The molecule has 0 aliphatic carbocycles. The van der Waals surface area contributed by atoms with Gasteiger partial charge in [-0.1, -0.05) is 19.1 Å². The summed E-state index contributed by atoms with van der Waals surface area (Å²) in [5.41, 5.74) is 1.90. The van der Waals surface area contributed by atoms with Crippen molar-refractivity contribution in [3.63, 3.8) is 0 Å². The van der Waals surface area contributed by atoms with Crippen LogP contribution >= 0.6 is 0 Å². The minimum absolute atomic E-state index is 0.0287. The number of nitrogens with zero attached hydrogens (tertiary/aromatic N) is 1. The lowest BCUT2D eigenvalue weighted by molar-refractivity contribution is -0.132. The van der Waals surface area contributed by atoms with E-state index in [-0.39, 0.29) is 24.7 Å². The van der Waals surface area contributed by atoms with E-state index < -0.39 is 0 Å². The molecule has 0 saturated carbocycles. The zero-order valence-electron chi connectivity index (χ0n) is 13.8. The normalized spacial score (nSPS) is 10.3. The van der Waals surface area contributed by atoms with Crippen molar-refractivity contribution in [2.24, 2.45) is 0 Å². The monoisotopic (exact) mass is 305 g/mol. The van der Waals surface area contributed by atoms with Crippen LogP contribution in [0.5, 0.6) is 0 Å². The van der Waals surface area contributed by atoms with E-state index in [1.54, 1.807) is 4.90 Å². The van der Waals surface area contributed by atoms with Gasteiger partial charge in [0.2, 0.25) is 11.8 Å². The Morgan fingerprint density at radius 1 is 1.09 bits per heavy atom. The molecule has 0 aliphatic rings. The Morgan fingerprint density at radius 3 is 2.45 bits per heavy atom. The maximum Gasteiger partial charge on any atom is 0.224 e. The molecule has 0 bridgehead atoms. The van der Waals surface area contributed by atoms with Crippen LogP contribution in [0.4, 0.5) is 5.69 Å². The summed E-state index contributed by atoms with van der Waals surface area (Å²) < 4.78 is 0. The van der Waals surface area contributed by atoms with Crippen LogP contribution in [0.25, 0.3) is 0 Å². The molecule has 22 heavy (non-hydrogen) atoms. The third-order valence-electron chi connectivity index (χ3n) is 3.47. The third-order valence-corrected chi connectivity index (χ3v) is 3.47. The molecule has 2 amide bonds. The van der Waals surface area contributed by atoms with Crippen LogP contribution in [-0.4, -0.2) is 36.3 Å². The molecule has 5 heteroatoms. The number of benzene rings is 1. The van der Waals surface area contributed by atoms with Crippen LogP contribution in [-0.2, 0) is 16.1 Å². The average molecular weight is 305 g/mol. The maximum atomic E-state index is 11.9. The maximum absolute atomic E-state index is 11.9. The Bertz CT molecular complexity index is 485. The molecule has 0 unspecified atom stereocenters. The third kappa shape index (κ3) is 6.26. The summed E-state index contributed by atoms with van der Waals surface area (Å²) in [4.78, 5) is 25.6. The SMILES string of the molecule is CCNCc1cccc(NC(=O)CCC(=O)N(CC)CC)c1. The van der Waals surface area contributed by atoms with Gasteiger partial charge in [0.05, 0.1) is 0 Å². The fraction of sp³-hybridized carbons (Fsp3) is 0.529. The molecule has 0 spiro atoms. The fourth-order valence-corrected chi connectivity index (χ4v) is 2.21. The van der Waals surface area contributed by atoms with Crippen molar-refractivity contribution in [3.05, 3.63) is 29.8 Å². The van der Waals surface area contributed by atoms with Crippen LogP contribution < -0.4 is 10.6 Å². The summed E-state index contributed by atoms with van der Waals surface area (Å²) in [5.74, 6) is -0.0952. The topological polar surface area (TPSA) is 61.4 Å². The molecule has 0 heterocycles. The van der Waals surface area contributed by atoms with E-state index in [2.05, 4.69) is 17.6 Å². The van der Waals surface area contributed by atoms with E-state index in [1.165, 1.54) is 0 Å². The number of nitrogens with one attached hydrogen (secondary N) is 2. The molecule has 2 N–H and O–H groups in total. The highest BCUT2D eigenvalue weighted by molar-refractivity contribution is 5.93. The lowest BCUT2D eigenvalue weighted by Gasteiger charge is -2.18. The van der Waals surface area contributed by atoms with E-state index in [9.17, 15) is 9.59 Å². The molecule has 0 radical (unpaired) electrons. The molecular weight excluding hydrogens is 278 g/mol. The smallest absolute Gasteiger partial charge is 0.224 e. The van der Waals surface area contributed by atoms with Crippen LogP contribution in [0.1, 0.15) is 39.2 Å². The molecule has 1 aromatic rings. The van der Waals surface area contributed by atoms with Crippen molar-refractivity contribution >= 4 is 17.5 Å². The number of hydrogen-bond acceptors (Lipinski definition) is 3. The van der Waals surface area contributed by atoms with Crippen molar-refractivity contribution in [2.75, 3.05) is 25.0 Å². The summed E-state index contributed by atoms with van der Waals surface area (Å²) in [7, 11) is 0. The van der Waals surface area contributed by atoms with Gasteiger partial charge in [-0.3, -0.25) is 9.59 Å². The fourth-order valence-electron chi connectivity index (χ4n) is 2.21. The number of carbonyl (C=O) groups excluding carboxylic acids is 2. The zero-order chi connectivity index (χ0) is 16.4. The molecule has 0 atom stereocenters. The Labute approximate surface area is 133 Å². The predicted molar refractivity (Wildman–Crippen MR) is 89.6 cm³/mol. The highest BCUT2D eigenvalue weighted by atomic mass is 16.2. The van der Waals surface area contributed by atoms with Gasteiger partial charge >= 0.3 is 0 Å². The largest absolute Gasteiger partial charge is 0.343 e. The second kappa shape index (κ2) is 9.95. The minimum Gasteiger partial charge on any atom is -0.343 e. The van der Waals surface area contributed by atoms with Crippen molar-refractivity contribution in [1.82, 2.24) is 10.2 Å². The average Bonchev–Trinajstić information content (AvgIpc) is 2.52. The van der Waals surface area contributed by atoms with E-state index >= 15 is 0 Å². The van der Waals surface area contributed by atoms with Crippen molar-refractivity contribution < 1.29 is 9.59 Å². The van der Waals surface area contributed by atoms with E-state index in [0.717, 1.165) is 24.3 Å². The van der Waals surface area contributed by atoms with Crippen molar-refractivity contribution in [3.8, 4) is 0 Å². The lowest BCUT2D eigenvalue weighted by atomic mass is 10.2. The molecule has 0 aromatic heterocycles. The van der Waals surface area contributed by atoms with Gasteiger partial charge in [0.25, 0.3) is 0 Å². The van der Waals surface area contributed by atoms with Gasteiger partial charge in [-0.25, -0.2) is 0 Å². The number of rotatable bonds is 9. The first-order valence-corrected chi connectivity index (χ1v) is 7.97. The summed E-state index contributed by atoms with van der Waals surface area (Å²) in [6.07, 6.45) is 0.470. The summed E-state index contributed by atoms with van der Waals surface area (Å²) in [6.45, 7) is 8.99. The first kappa shape index (κ1) is 18.2. The second-order valence-electron chi connectivity index (χ2n) is 5.09. The molecule has 122 valence electrons. The number of carbonyl (C=O) groups is 2. The van der Waals surface area contributed by atoms with Crippen molar-refractivity contribution in [1.29, 1.82) is 0 Å². The van der Waals surface area contributed by atoms with Gasteiger partial charge in [-0.15, -0.1) is 0 Å². The highest BCUT2D eigenvalue weighted by Crippen LogP contribution is 2.11. The standard InChI is InChI=1S/C17H27N3O2/c1-4-18-13-14-8-7-9-15(12-14)19-16(21)10-11-17(22)20(5-2)6-3/h7-9,12,18H,4-6,10-11,13H2,1-3H3,(H,19,21). The molecule has 5 nitrogen and oxygen atoms in total. The van der Waals surface area contributed by atoms with Gasteiger partial charge < -0.3 is 15.5 Å². The Morgan fingerprint density at radius 2 is 1.82 bits per heavy atom. The quantitative estimate of drug-likeness (QED) is 0.736. The molecule has 0 saturated heterocycles. The molecule has 1 aromatic carbocycles. The second-order valence-corrected chi connectivity index (χ2v) is 5.09. The molecule has 0 fully saturated rings. The van der Waals surface area contributed by atoms with Gasteiger partial charge in [0.15, 0.2) is 0 Å². The number of anilines is 1. The van der Waals surface area contributed by atoms with Crippen LogP contribution in [0.2, 0.25) is 0 Å². The summed E-state index contributed by atoms with van der Waals surface area (Å²) >= 11 is 0. The van der Waals surface area contributed by atoms with Crippen LogP contribution in [0, 0.1) is 0 Å². The summed E-state index contributed by atoms with van der Waals surface area (Å²) in [6, 6.07) is 7.75. The molecule has 0 aliphatic heterocycles. The lowest BCUT2D eigenvalue weighted by Crippen LogP contribution is -2.31. The Balaban J connectivity index is 2.46. The highest BCUT2D eigenvalue weighted by Gasteiger charge is 2.12. The van der Waals surface area contributed by atoms with Crippen molar-refractivity contribution in [2.45, 2.75) is 40.2 Å².